The second-order valence-electron chi connectivity index (χ2n) is 8.40. The zero-order valence-electron chi connectivity index (χ0n) is 22.6. The highest BCUT2D eigenvalue weighted by atomic mass is 32.2. The molecule has 14 nitrogen and oxygen atoms in total. The second kappa shape index (κ2) is 19.3. The van der Waals surface area contributed by atoms with Crippen molar-refractivity contribution in [3.63, 3.8) is 0 Å². The fourth-order valence-corrected chi connectivity index (χ4v) is 4.33. The average Bonchev–Trinajstić information content (AvgIpc) is 2.94. The maximum Gasteiger partial charge on any atom is 0.277 e. The minimum absolute atomic E-state index is 0.00494. The van der Waals surface area contributed by atoms with E-state index < -0.39 is 27.8 Å². The maximum absolute atomic E-state index is 13.0. The number of nitrogens with one attached hydrogen (secondary N) is 1. The van der Waals surface area contributed by atoms with E-state index in [0.29, 0.717) is 51.2 Å². The molecule has 1 unspecified atom stereocenters. The molecule has 40 heavy (non-hydrogen) atoms. The van der Waals surface area contributed by atoms with Gasteiger partial charge in [-0.2, -0.15) is 0 Å². The number of fused-ring (bicyclic) bond motifs is 22. The van der Waals surface area contributed by atoms with Crippen molar-refractivity contribution >= 4 is 34.3 Å². The first-order chi connectivity index (χ1) is 19.4. The second-order valence-corrected chi connectivity index (χ2v) is 9.38. The summed E-state index contributed by atoms with van der Waals surface area (Å²) in [7, 11) is 1.39. The number of ketones is 1. The SMILES string of the molecule is COc1cc2c([N+](=O)[O-])cc1OCCOCCOCCOCCOCCC(=O)NC(C(=O)CCCN)C(=O)SC2. The van der Waals surface area contributed by atoms with Gasteiger partial charge in [0.2, 0.25) is 11.0 Å². The number of carbonyl (C=O) groups excluding carboxylic acids is 3. The van der Waals surface area contributed by atoms with Gasteiger partial charge in [-0.05, 0) is 19.0 Å². The quantitative estimate of drug-likeness (QED) is 0.208. The molecule has 224 valence electrons. The molecule has 0 fully saturated rings. The molecule has 0 aromatic heterocycles. The number of amides is 1. The van der Waals surface area contributed by atoms with Crippen LogP contribution >= 0.6 is 11.8 Å². The minimum Gasteiger partial charge on any atom is -0.493 e. The molecule has 2 bridgehead atoms. The van der Waals surface area contributed by atoms with Crippen LogP contribution in [0.3, 0.4) is 0 Å². The molecule has 1 amide bonds. The van der Waals surface area contributed by atoms with Crippen molar-refractivity contribution in [1.82, 2.24) is 5.32 Å². The molecular formula is C25H37N3O11S. The summed E-state index contributed by atoms with van der Waals surface area (Å²) in [6.45, 7) is 2.58. The van der Waals surface area contributed by atoms with Crippen LogP contribution in [0.2, 0.25) is 0 Å². The number of methoxy groups -OCH3 is 1. The van der Waals surface area contributed by atoms with Crippen molar-refractivity contribution in [2.24, 2.45) is 5.73 Å². The van der Waals surface area contributed by atoms with E-state index in [9.17, 15) is 24.5 Å². The molecule has 0 aliphatic carbocycles. The van der Waals surface area contributed by atoms with Crippen molar-refractivity contribution in [3.05, 3.63) is 27.8 Å². The minimum atomic E-state index is -1.43. The van der Waals surface area contributed by atoms with Crippen LogP contribution in [0.1, 0.15) is 24.8 Å². The number of hydrogen-bond acceptors (Lipinski definition) is 13. The molecule has 0 saturated carbocycles. The predicted octanol–water partition coefficient (Wildman–Crippen LogP) is 1.00. The largest absolute Gasteiger partial charge is 0.493 e. The van der Waals surface area contributed by atoms with E-state index in [1.54, 1.807) is 0 Å². The van der Waals surface area contributed by atoms with E-state index in [4.69, 9.17) is 34.2 Å². The number of rotatable bonds is 6. The summed E-state index contributed by atoms with van der Waals surface area (Å²) in [6, 6.07) is 1.20. The number of carbonyl (C=O) groups is 3. The van der Waals surface area contributed by atoms with Gasteiger partial charge in [0, 0.05) is 24.2 Å². The van der Waals surface area contributed by atoms with Gasteiger partial charge in [0.05, 0.1) is 71.0 Å². The summed E-state index contributed by atoms with van der Waals surface area (Å²) in [6.07, 6.45) is 0.257. The number of benzene rings is 1. The van der Waals surface area contributed by atoms with Gasteiger partial charge in [0.15, 0.2) is 23.3 Å². The molecule has 0 radical (unpaired) electrons. The standard InChI is InChI=1S/C25H37N3O11S/c1-34-21-15-18-17-40-25(31)24(20(29)3-2-5-26)27-23(30)4-6-35-7-8-36-9-10-37-11-12-38-13-14-39-22(21)16-19(18)28(32)33/h15-16,24H,2-14,17,26H2,1H3,(H,27,30). The molecule has 15 heteroatoms. The third-order valence-corrected chi connectivity index (χ3v) is 6.47. The van der Waals surface area contributed by atoms with Gasteiger partial charge in [0.25, 0.3) is 5.69 Å². The fourth-order valence-electron chi connectivity index (χ4n) is 3.44. The van der Waals surface area contributed by atoms with E-state index in [-0.39, 0.29) is 74.3 Å². The van der Waals surface area contributed by atoms with E-state index in [1.165, 1.54) is 19.2 Å². The van der Waals surface area contributed by atoms with Gasteiger partial charge in [-0.15, -0.1) is 0 Å². The zero-order chi connectivity index (χ0) is 29.2. The van der Waals surface area contributed by atoms with Crippen LogP contribution in [0.15, 0.2) is 12.1 Å². The van der Waals surface area contributed by atoms with Gasteiger partial charge in [-0.25, -0.2) is 0 Å². The molecule has 2 aliphatic rings. The highest BCUT2D eigenvalue weighted by Crippen LogP contribution is 2.36. The Morgan fingerprint density at radius 3 is 2.23 bits per heavy atom. The molecule has 0 saturated heterocycles. The van der Waals surface area contributed by atoms with Gasteiger partial charge >= 0.3 is 0 Å². The molecule has 1 aromatic rings. The molecule has 1 aromatic carbocycles. The lowest BCUT2D eigenvalue weighted by atomic mass is 10.1. The van der Waals surface area contributed by atoms with Crippen molar-refractivity contribution in [3.8, 4) is 11.5 Å². The lowest BCUT2D eigenvalue weighted by Crippen LogP contribution is -2.45. The Morgan fingerprint density at radius 2 is 1.65 bits per heavy atom. The van der Waals surface area contributed by atoms with Crippen LogP contribution in [0.4, 0.5) is 5.69 Å². The number of hydrogen-bond donors (Lipinski definition) is 2. The van der Waals surface area contributed by atoms with E-state index in [2.05, 4.69) is 5.32 Å². The summed E-state index contributed by atoms with van der Waals surface area (Å²) in [5.74, 6) is -0.818. The van der Waals surface area contributed by atoms with Gasteiger partial charge in [0.1, 0.15) is 6.61 Å². The Bertz CT molecular complexity index is 980. The van der Waals surface area contributed by atoms with Crippen LogP contribution in [-0.2, 0) is 39.1 Å². The smallest absolute Gasteiger partial charge is 0.277 e. The summed E-state index contributed by atoms with van der Waals surface area (Å²) < 4.78 is 32.6. The molecule has 2 heterocycles. The Balaban J connectivity index is 2.20. The summed E-state index contributed by atoms with van der Waals surface area (Å²) in [5.41, 5.74) is 5.39. The molecule has 3 rings (SSSR count). The summed E-state index contributed by atoms with van der Waals surface area (Å²) in [5, 5.41) is 13.6. The molecule has 2 aliphatic heterocycles. The molecule has 0 spiro atoms. The van der Waals surface area contributed by atoms with Gasteiger partial charge in [-0.3, -0.25) is 24.5 Å². The first kappa shape index (κ1) is 33.4. The average molecular weight is 588 g/mol. The Labute approximate surface area is 236 Å². The van der Waals surface area contributed by atoms with Crippen LogP contribution in [0.5, 0.6) is 11.5 Å². The van der Waals surface area contributed by atoms with E-state index >= 15 is 0 Å². The van der Waals surface area contributed by atoms with Crippen LogP contribution < -0.4 is 20.5 Å². The lowest BCUT2D eigenvalue weighted by Gasteiger charge is -2.17. The first-order valence-corrected chi connectivity index (χ1v) is 13.8. The third-order valence-electron chi connectivity index (χ3n) is 5.50. The number of nitrogens with zero attached hydrogens (tertiary/aromatic N) is 1. The number of thioether (sulfide) groups is 1. The maximum atomic E-state index is 13.0. The normalized spacial score (nSPS) is 19.5. The number of nitro benzene ring substituents is 1. The van der Waals surface area contributed by atoms with E-state index in [0.717, 1.165) is 0 Å². The van der Waals surface area contributed by atoms with E-state index in [1.807, 2.05) is 0 Å². The predicted molar refractivity (Wildman–Crippen MR) is 145 cm³/mol. The molecule has 1 atom stereocenters. The van der Waals surface area contributed by atoms with Crippen molar-refractivity contribution in [1.29, 1.82) is 0 Å². The van der Waals surface area contributed by atoms with Gasteiger partial charge in [-0.1, -0.05) is 11.8 Å². The highest BCUT2D eigenvalue weighted by Gasteiger charge is 2.29. The van der Waals surface area contributed by atoms with Crippen molar-refractivity contribution < 1.29 is 47.7 Å². The first-order valence-electron chi connectivity index (χ1n) is 12.8. The number of nitrogens with two attached hydrogens (primary N) is 1. The topological polar surface area (TPSA) is 188 Å². The molecule has 3 N–H and O–H groups in total. The Hall–Kier alpha value is -2.82. The molecular weight excluding hydrogens is 550 g/mol. The number of nitro groups is 1. The highest BCUT2D eigenvalue weighted by molar-refractivity contribution is 8.13. The summed E-state index contributed by atoms with van der Waals surface area (Å²) in [4.78, 5) is 49.4. The number of Topliss-reactive ketones (excluding diaryl/α,β-unsaturated/α-hetero) is 1. The third kappa shape index (κ3) is 12.1. The Kier molecular flexibility index (Phi) is 16.1. The van der Waals surface area contributed by atoms with Crippen molar-refractivity contribution in [2.75, 3.05) is 73.1 Å². The van der Waals surface area contributed by atoms with Crippen LogP contribution in [0.25, 0.3) is 0 Å². The Morgan fingerprint density at radius 1 is 1.05 bits per heavy atom. The fraction of sp³-hybridized carbons (Fsp3) is 0.640. The van der Waals surface area contributed by atoms with Gasteiger partial charge < -0.3 is 39.5 Å². The number of ether oxygens (including phenoxy) is 6. The lowest BCUT2D eigenvalue weighted by molar-refractivity contribution is -0.385. The monoisotopic (exact) mass is 587 g/mol. The van der Waals surface area contributed by atoms with Crippen LogP contribution in [-0.4, -0.2) is 101 Å². The van der Waals surface area contributed by atoms with Crippen molar-refractivity contribution in [2.45, 2.75) is 31.1 Å². The summed E-state index contributed by atoms with van der Waals surface area (Å²) >= 11 is 0.682. The zero-order valence-corrected chi connectivity index (χ0v) is 23.4. The van der Waals surface area contributed by atoms with Crippen LogP contribution in [0, 0.1) is 10.1 Å².